The van der Waals surface area contributed by atoms with E-state index in [-0.39, 0.29) is 12.0 Å². The van der Waals surface area contributed by atoms with Gasteiger partial charge < -0.3 is 15.4 Å². The molecule has 9 heteroatoms. The van der Waals surface area contributed by atoms with Gasteiger partial charge in [-0.2, -0.15) is 18.3 Å². The summed E-state index contributed by atoms with van der Waals surface area (Å²) in [7, 11) is 1.58. The summed E-state index contributed by atoms with van der Waals surface area (Å²) in [6.07, 6.45) is -2.10. The highest BCUT2D eigenvalue weighted by Crippen LogP contribution is 2.35. The van der Waals surface area contributed by atoms with Crippen molar-refractivity contribution in [1.29, 1.82) is 0 Å². The molecule has 0 spiro atoms. The Labute approximate surface area is 151 Å². The Morgan fingerprint density at radius 1 is 1.35 bits per heavy atom. The van der Waals surface area contributed by atoms with Crippen LogP contribution < -0.4 is 10.6 Å². The number of piperidine rings is 1. The Balaban J connectivity index is 2.23. The number of nitrogens with one attached hydrogen (secondary N) is 2. The maximum atomic E-state index is 13.6. The highest BCUT2D eigenvalue weighted by atomic mass is 19.4. The average molecular weight is 376 g/mol. The summed E-state index contributed by atoms with van der Waals surface area (Å²) in [5.41, 5.74) is -2.63. The first kappa shape index (κ1) is 20.7. The molecule has 148 valence electrons. The maximum Gasteiger partial charge on any atom is 0.433 e. The van der Waals surface area contributed by atoms with Crippen molar-refractivity contribution in [2.75, 3.05) is 33.4 Å². The van der Waals surface area contributed by atoms with Crippen LogP contribution in [-0.4, -0.2) is 49.0 Å². The van der Waals surface area contributed by atoms with Gasteiger partial charge in [0.2, 0.25) is 0 Å². The number of methoxy groups -OCH3 is 1. The van der Waals surface area contributed by atoms with Gasteiger partial charge in [0.15, 0.2) is 5.69 Å². The molecule has 1 aliphatic heterocycles. The fourth-order valence-electron chi connectivity index (χ4n) is 3.29. The molecule has 1 saturated heterocycles. The van der Waals surface area contributed by atoms with Crippen LogP contribution in [0.1, 0.15) is 49.7 Å². The van der Waals surface area contributed by atoms with Crippen LogP contribution in [0.15, 0.2) is 6.20 Å². The van der Waals surface area contributed by atoms with Gasteiger partial charge in [0.1, 0.15) is 0 Å². The first-order valence-corrected chi connectivity index (χ1v) is 8.64. The van der Waals surface area contributed by atoms with Gasteiger partial charge in [-0.1, -0.05) is 0 Å². The highest BCUT2D eigenvalue weighted by Gasteiger charge is 2.42. The zero-order valence-electron chi connectivity index (χ0n) is 15.7. The van der Waals surface area contributed by atoms with E-state index in [0.717, 1.165) is 36.8 Å². The third kappa shape index (κ3) is 4.56. The molecule has 0 aromatic carbocycles. The quantitative estimate of drug-likeness (QED) is 0.828. The second-order valence-corrected chi connectivity index (χ2v) is 7.85. The second-order valence-electron chi connectivity index (χ2n) is 7.85. The zero-order valence-corrected chi connectivity index (χ0v) is 15.7. The summed E-state index contributed by atoms with van der Waals surface area (Å²) in [5.74, 6) is -0.762. The first-order valence-electron chi connectivity index (χ1n) is 8.64. The number of carbonyl (C=O) groups excluding carboxylic acids is 1. The molecule has 6 nitrogen and oxygen atoms in total. The molecular formula is C17H27F3N4O2. The van der Waals surface area contributed by atoms with E-state index in [1.165, 1.54) is 0 Å². The van der Waals surface area contributed by atoms with Crippen molar-refractivity contribution in [3.63, 3.8) is 0 Å². The standard InChI is InChI=1S/C17H27F3N4O2/c1-15(2,3)24-13(17(18,19)20)12(9-23-24)14(25)22-10-16(11-26-4)5-7-21-8-6-16/h9,21H,5-8,10-11H2,1-4H3,(H,22,25). The van der Waals surface area contributed by atoms with Gasteiger partial charge in [-0.15, -0.1) is 0 Å². The van der Waals surface area contributed by atoms with E-state index in [2.05, 4.69) is 15.7 Å². The minimum Gasteiger partial charge on any atom is -0.384 e. The number of ether oxygens (including phenoxy) is 1. The molecule has 2 rings (SSSR count). The number of carbonyl (C=O) groups is 1. The molecule has 0 unspecified atom stereocenters. The lowest BCUT2D eigenvalue weighted by Crippen LogP contribution is -2.47. The lowest BCUT2D eigenvalue weighted by Gasteiger charge is -2.37. The predicted molar refractivity (Wildman–Crippen MR) is 91.0 cm³/mol. The van der Waals surface area contributed by atoms with E-state index < -0.39 is 28.9 Å². The van der Waals surface area contributed by atoms with Gasteiger partial charge in [-0.25, -0.2) is 0 Å². The Hall–Kier alpha value is -1.61. The number of aromatic nitrogens is 2. The normalized spacial score (nSPS) is 18.0. The molecule has 1 amide bonds. The fraction of sp³-hybridized carbons (Fsp3) is 0.765. The SMILES string of the molecule is COCC1(CNC(=O)c2cnn(C(C)(C)C)c2C(F)(F)F)CCNCC1. The molecule has 2 heterocycles. The van der Waals surface area contributed by atoms with Crippen molar-refractivity contribution < 1.29 is 22.7 Å². The summed E-state index contributed by atoms with van der Waals surface area (Å²) >= 11 is 0. The minimum absolute atomic E-state index is 0.263. The van der Waals surface area contributed by atoms with Gasteiger partial charge in [0.25, 0.3) is 5.91 Å². The molecule has 1 aliphatic rings. The molecule has 0 aliphatic carbocycles. The van der Waals surface area contributed by atoms with Gasteiger partial charge in [-0.3, -0.25) is 9.48 Å². The summed E-state index contributed by atoms with van der Waals surface area (Å²) < 4.78 is 46.8. The molecular weight excluding hydrogens is 349 g/mol. The van der Waals surface area contributed by atoms with Crippen molar-refractivity contribution in [1.82, 2.24) is 20.4 Å². The number of halogens is 3. The van der Waals surface area contributed by atoms with Crippen molar-refractivity contribution in [2.45, 2.75) is 45.3 Å². The molecule has 0 radical (unpaired) electrons. The number of rotatable bonds is 5. The van der Waals surface area contributed by atoms with Crippen LogP contribution in [0.25, 0.3) is 0 Å². The Morgan fingerprint density at radius 3 is 2.46 bits per heavy atom. The Bertz CT molecular complexity index is 623. The maximum absolute atomic E-state index is 13.6. The average Bonchev–Trinajstić information content (AvgIpc) is 2.99. The van der Waals surface area contributed by atoms with E-state index in [9.17, 15) is 18.0 Å². The van der Waals surface area contributed by atoms with E-state index in [4.69, 9.17) is 4.74 Å². The summed E-state index contributed by atoms with van der Waals surface area (Å²) in [6.45, 7) is 7.12. The molecule has 1 aromatic heterocycles. The summed E-state index contributed by atoms with van der Waals surface area (Å²) in [4.78, 5) is 12.5. The lowest BCUT2D eigenvalue weighted by atomic mass is 9.79. The molecule has 26 heavy (non-hydrogen) atoms. The monoisotopic (exact) mass is 376 g/mol. The first-order chi connectivity index (χ1) is 12.0. The summed E-state index contributed by atoms with van der Waals surface area (Å²) in [6, 6.07) is 0. The van der Waals surface area contributed by atoms with Crippen LogP contribution in [0, 0.1) is 5.41 Å². The predicted octanol–water partition coefficient (Wildman–Crippen LogP) is 2.40. The summed E-state index contributed by atoms with van der Waals surface area (Å²) in [5, 5.41) is 9.73. The molecule has 1 aromatic rings. The molecule has 0 atom stereocenters. The lowest BCUT2D eigenvalue weighted by molar-refractivity contribution is -0.146. The van der Waals surface area contributed by atoms with Gasteiger partial charge in [-0.05, 0) is 46.7 Å². The van der Waals surface area contributed by atoms with Crippen molar-refractivity contribution >= 4 is 5.91 Å². The molecule has 1 fully saturated rings. The number of hydrogen-bond acceptors (Lipinski definition) is 4. The number of amides is 1. The second kappa shape index (κ2) is 7.56. The van der Waals surface area contributed by atoms with Gasteiger partial charge >= 0.3 is 6.18 Å². The number of hydrogen-bond donors (Lipinski definition) is 2. The topological polar surface area (TPSA) is 68.2 Å². The van der Waals surface area contributed by atoms with Crippen molar-refractivity contribution in [3.05, 3.63) is 17.5 Å². The van der Waals surface area contributed by atoms with Crippen LogP contribution >= 0.6 is 0 Å². The van der Waals surface area contributed by atoms with Crippen LogP contribution in [0.5, 0.6) is 0 Å². The highest BCUT2D eigenvalue weighted by molar-refractivity contribution is 5.95. The van der Waals surface area contributed by atoms with E-state index in [1.54, 1.807) is 27.9 Å². The van der Waals surface area contributed by atoms with Crippen molar-refractivity contribution in [3.8, 4) is 0 Å². The fourth-order valence-corrected chi connectivity index (χ4v) is 3.29. The van der Waals surface area contributed by atoms with Crippen molar-refractivity contribution in [2.24, 2.45) is 5.41 Å². The van der Waals surface area contributed by atoms with Crippen LogP contribution in [0.3, 0.4) is 0 Å². The number of nitrogens with zero attached hydrogens (tertiary/aromatic N) is 2. The Morgan fingerprint density at radius 2 is 1.96 bits per heavy atom. The third-order valence-corrected chi connectivity index (χ3v) is 4.66. The van der Waals surface area contributed by atoms with Gasteiger partial charge in [0, 0.05) is 19.1 Å². The number of alkyl halides is 3. The van der Waals surface area contributed by atoms with E-state index >= 15 is 0 Å². The van der Waals surface area contributed by atoms with Gasteiger partial charge in [0.05, 0.1) is 23.9 Å². The third-order valence-electron chi connectivity index (χ3n) is 4.66. The Kier molecular flexibility index (Phi) is 6.02. The molecule has 0 bridgehead atoms. The zero-order chi connectivity index (χ0) is 19.6. The molecule has 0 saturated carbocycles. The van der Waals surface area contributed by atoms with E-state index in [1.807, 2.05) is 0 Å². The molecule has 2 N–H and O–H groups in total. The minimum atomic E-state index is -4.67. The van der Waals surface area contributed by atoms with Crippen LogP contribution in [-0.2, 0) is 16.5 Å². The van der Waals surface area contributed by atoms with E-state index in [0.29, 0.717) is 6.61 Å². The van der Waals surface area contributed by atoms with Crippen LogP contribution in [0.4, 0.5) is 13.2 Å². The largest absolute Gasteiger partial charge is 0.433 e. The van der Waals surface area contributed by atoms with Crippen LogP contribution in [0.2, 0.25) is 0 Å². The smallest absolute Gasteiger partial charge is 0.384 e.